The first-order valence-electron chi connectivity index (χ1n) is 16.3. The number of rotatable bonds is 6. The van der Waals surface area contributed by atoms with Crippen molar-refractivity contribution in [2.24, 2.45) is 0 Å². The first-order chi connectivity index (χ1) is 22.7. The number of benzene rings is 6. The maximum absolute atomic E-state index is 2.74. The second-order valence-electron chi connectivity index (χ2n) is 12.4. The standard InChI is InChI=1S/2C16H13.C12H10Ge.2ClH.Hf/c2*1-12-6-4-10-14(12)16-11-5-8-13-7-2-3-9-15(13)16;1-3-7-11(8-4-1)13-12-9-5-2-6-10-12;;;/h2*2-3,5,7-11H,4H2,1H3;1-10H;2*1H;/q;;;;;+2/p-2. The molecule has 8 rings (SSSR count). The second kappa shape index (κ2) is 15.1. The monoisotopic (exact) mass is 888 g/mol. The fourth-order valence-corrected chi connectivity index (χ4v) is 58.4. The fraction of sp³-hybridized carbons (Fsp3) is 0.0909. The van der Waals surface area contributed by atoms with Gasteiger partial charge in [0.25, 0.3) is 0 Å². The van der Waals surface area contributed by atoms with Crippen LogP contribution in [0.2, 0.25) is 0 Å². The van der Waals surface area contributed by atoms with Gasteiger partial charge in [0.2, 0.25) is 0 Å². The van der Waals surface area contributed by atoms with Gasteiger partial charge in [-0.25, -0.2) is 0 Å². The molecule has 0 bridgehead atoms. The molecular formula is C44H36Cl2GeHf. The van der Waals surface area contributed by atoms with Crippen molar-refractivity contribution in [2.45, 2.75) is 26.7 Å². The van der Waals surface area contributed by atoms with E-state index in [0.29, 0.717) is 0 Å². The molecule has 4 heteroatoms. The molecule has 234 valence electrons. The molecule has 2 aliphatic carbocycles. The Morgan fingerprint density at radius 1 is 0.438 bits per heavy atom. The van der Waals surface area contributed by atoms with E-state index < -0.39 is 28.4 Å². The van der Waals surface area contributed by atoms with Crippen LogP contribution in [0.15, 0.2) is 176 Å². The Labute approximate surface area is 305 Å². The van der Waals surface area contributed by atoms with Gasteiger partial charge in [-0.15, -0.1) is 0 Å². The fourth-order valence-electron chi connectivity index (χ4n) is 7.62. The molecule has 0 spiro atoms. The minimum absolute atomic E-state index is 0. The van der Waals surface area contributed by atoms with Gasteiger partial charge in [0, 0.05) is 0 Å². The Morgan fingerprint density at radius 2 is 0.812 bits per heavy atom. The van der Waals surface area contributed by atoms with Crippen LogP contribution in [0.1, 0.15) is 37.8 Å². The van der Waals surface area contributed by atoms with Crippen molar-refractivity contribution in [3.05, 3.63) is 187 Å². The molecule has 48 heavy (non-hydrogen) atoms. The van der Waals surface area contributed by atoms with Gasteiger partial charge in [-0.2, -0.15) is 0 Å². The maximum Gasteiger partial charge on any atom is -1.00 e. The van der Waals surface area contributed by atoms with Gasteiger partial charge < -0.3 is 24.8 Å². The van der Waals surface area contributed by atoms with Crippen LogP contribution in [0.3, 0.4) is 0 Å². The van der Waals surface area contributed by atoms with Crippen LogP contribution in [0.5, 0.6) is 0 Å². The Hall–Kier alpha value is -3.21. The van der Waals surface area contributed by atoms with Crippen molar-refractivity contribution in [1.82, 2.24) is 0 Å². The molecule has 0 fully saturated rings. The van der Waals surface area contributed by atoms with E-state index in [9.17, 15) is 0 Å². The van der Waals surface area contributed by atoms with Gasteiger partial charge in [-0.05, 0) is 0 Å². The molecule has 0 atom stereocenters. The van der Waals surface area contributed by atoms with Crippen LogP contribution in [-0.2, 0) is 18.3 Å². The quantitative estimate of drug-likeness (QED) is 0.220. The third-order valence-electron chi connectivity index (χ3n) is 9.87. The largest absolute Gasteiger partial charge is 1.00 e. The molecule has 0 nitrogen and oxygen atoms in total. The van der Waals surface area contributed by atoms with E-state index in [0.717, 1.165) is 12.8 Å². The summed E-state index contributed by atoms with van der Waals surface area (Å²) in [6.45, 7) is 4.91. The molecule has 0 heterocycles. The van der Waals surface area contributed by atoms with Gasteiger partial charge in [-0.1, -0.05) is 0 Å². The Kier molecular flexibility index (Phi) is 10.9. The molecule has 0 saturated heterocycles. The summed E-state index contributed by atoms with van der Waals surface area (Å²) in [7, 11) is -1.96. The zero-order valence-electron chi connectivity index (χ0n) is 27.2. The third-order valence-corrected chi connectivity index (χ3v) is 53.7. The van der Waals surface area contributed by atoms with Crippen LogP contribution in [0.4, 0.5) is 0 Å². The molecule has 0 aromatic heterocycles. The zero-order valence-corrected chi connectivity index (χ0v) is 34.4. The summed E-state index contributed by atoms with van der Waals surface area (Å²) >= 11 is -2.74. The summed E-state index contributed by atoms with van der Waals surface area (Å²) in [5.74, 6) is 0. The van der Waals surface area contributed by atoms with Crippen molar-refractivity contribution in [1.29, 1.82) is 0 Å². The van der Waals surface area contributed by atoms with E-state index in [1.165, 1.54) is 43.8 Å². The summed E-state index contributed by atoms with van der Waals surface area (Å²) in [4.78, 5) is 0. The molecule has 6 aromatic rings. The second-order valence-corrected chi connectivity index (χ2v) is 41.3. The normalized spacial score (nSPS) is 13.9. The summed E-state index contributed by atoms with van der Waals surface area (Å²) in [5, 5.41) is 5.37. The van der Waals surface area contributed by atoms with Gasteiger partial charge in [0.15, 0.2) is 0 Å². The molecule has 0 radical (unpaired) electrons. The predicted octanol–water partition coefficient (Wildman–Crippen LogP) is 4.25. The molecule has 0 saturated carbocycles. The number of fused-ring (bicyclic) bond motifs is 2. The topological polar surface area (TPSA) is 0 Å². The maximum atomic E-state index is 2.58. The summed E-state index contributed by atoms with van der Waals surface area (Å²) in [5.41, 5.74) is 8.84. The van der Waals surface area contributed by atoms with Crippen molar-refractivity contribution in [3.8, 4) is 0 Å². The van der Waals surface area contributed by atoms with Crippen molar-refractivity contribution >= 4 is 51.5 Å². The number of hydrogen-bond acceptors (Lipinski definition) is 0. The van der Waals surface area contributed by atoms with E-state index in [1.807, 2.05) is 6.66 Å². The number of allylic oxidation sites excluding steroid dienone is 8. The summed E-state index contributed by atoms with van der Waals surface area (Å²) < 4.78 is 6.93. The minimum atomic E-state index is -2.74. The Bertz CT molecular complexity index is 2140. The average molecular weight is 887 g/mol. The van der Waals surface area contributed by atoms with Crippen molar-refractivity contribution in [3.63, 3.8) is 0 Å². The van der Waals surface area contributed by atoms with Crippen LogP contribution < -0.4 is 33.6 Å². The van der Waals surface area contributed by atoms with E-state index >= 15 is 0 Å². The van der Waals surface area contributed by atoms with Gasteiger partial charge >= 0.3 is 283 Å². The Balaban J connectivity index is 0.00000201. The third kappa shape index (κ3) is 6.32. The van der Waals surface area contributed by atoms with E-state index in [1.54, 1.807) is 19.9 Å². The zero-order chi connectivity index (χ0) is 31.0. The molecule has 0 amide bonds. The minimum Gasteiger partial charge on any atom is -1.00 e. The summed E-state index contributed by atoms with van der Waals surface area (Å²) in [6.07, 6.45) is 7.35. The van der Waals surface area contributed by atoms with Crippen LogP contribution in [0.25, 0.3) is 32.7 Å². The average Bonchev–Trinajstić information content (AvgIpc) is 3.69. The van der Waals surface area contributed by atoms with Gasteiger partial charge in [-0.3, -0.25) is 0 Å². The smallest absolute Gasteiger partial charge is 1.00 e. The molecule has 0 aliphatic heterocycles. The van der Waals surface area contributed by atoms with Crippen LogP contribution in [0, 0.1) is 0 Å². The van der Waals surface area contributed by atoms with E-state index in [2.05, 4.69) is 172 Å². The van der Waals surface area contributed by atoms with Gasteiger partial charge in [0.1, 0.15) is 0 Å². The molecule has 6 aromatic carbocycles. The Morgan fingerprint density at radius 3 is 1.25 bits per heavy atom. The first kappa shape index (κ1) is 34.6. The predicted molar refractivity (Wildman–Crippen MR) is 196 cm³/mol. The summed E-state index contributed by atoms with van der Waals surface area (Å²) in [6, 6.07) is 54.8. The van der Waals surface area contributed by atoms with Gasteiger partial charge in [0.05, 0.1) is 0 Å². The van der Waals surface area contributed by atoms with Crippen LogP contribution in [-0.4, -0.2) is 10.1 Å². The number of hydrogen-bond donors (Lipinski definition) is 0. The van der Waals surface area contributed by atoms with Crippen molar-refractivity contribution < 1.29 is 43.2 Å². The number of halogens is 2. The van der Waals surface area contributed by atoms with E-state index in [4.69, 9.17) is 0 Å². The SMILES string of the molecule is CC1=[C]([Hf+2]([C]2=C(C)C(c3cccc4ccccc34)=CC2)=[Ge]([c]2ccccc2)[c]2ccccc2)CC=C1c1cccc2ccccc12.[Cl-].[Cl-]. The molecule has 0 unspecified atom stereocenters. The first-order valence-corrected chi connectivity index (χ1v) is 32.4. The molecular weight excluding hydrogens is 850 g/mol. The van der Waals surface area contributed by atoms with Crippen LogP contribution >= 0.6 is 0 Å². The molecule has 2 aliphatic rings. The van der Waals surface area contributed by atoms with Crippen molar-refractivity contribution in [2.75, 3.05) is 0 Å². The van der Waals surface area contributed by atoms with E-state index in [-0.39, 0.29) is 24.8 Å². The molecule has 0 N–H and O–H groups in total.